The van der Waals surface area contributed by atoms with E-state index < -0.39 is 17.8 Å². The Bertz CT molecular complexity index is 1040. The van der Waals surface area contributed by atoms with Crippen molar-refractivity contribution in [2.24, 2.45) is 0 Å². The van der Waals surface area contributed by atoms with Crippen molar-refractivity contribution in [2.75, 3.05) is 36.4 Å². The number of piperazine rings is 1. The highest BCUT2D eigenvalue weighted by molar-refractivity contribution is 7.22. The molecule has 2 heterocycles. The third-order valence-electron chi connectivity index (χ3n) is 4.84. The van der Waals surface area contributed by atoms with Crippen LogP contribution in [-0.2, 0) is 6.18 Å². The summed E-state index contributed by atoms with van der Waals surface area (Å²) in [6, 6.07) is 10.6. The van der Waals surface area contributed by atoms with Crippen molar-refractivity contribution in [1.29, 1.82) is 0 Å². The lowest BCUT2D eigenvalue weighted by Gasteiger charge is -2.34. The predicted molar refractivity (Wildman–Crippen MR) is 109 cm³/mol. The van der Waals surface area contributed by atoms with Crippen molar-refractivity contribution in [3.8, 4) is 0 Å². The SMILES string of the molecule is Cc1ccc2nc(N3CCN(C(=O)Nc4ccccc4C(F)(F)F)CC3)sc2c1. The number of alkyl halides is 3. The van der Waals surface area contributed by atoms with Crippen molar-refractivity contribution in [3.63, 3.8) is 0 Å². The van der Waals surface area contributed by atoms with E-state index in [1.165, 1.54) is 28.7 Å². The maximum absolute atomic E-state index is 13.1. The lowest BCUT2D eigenvalue weighted by atomic mass is 10.1. The van der Waals surface area contributed by atoms with Gasteiger partial charge in [0.1, 0.15) is 0 Å². The molecule has 1 aromatic heterocycles. The Labute approximate surface area is 169 Å². The van der Waals surface area contributed by atoms with Gasteiger partial charge in [-0.3, -0.25) is 0 Å². The minimum absolute atomic E-state index is 0.228. The van der Waals surface area contributed by atoms with Crippen LogP contribution in [-0.4, -0.2) is 42.1 Å². The summed E-state index contributed by atoms with van der Waals surface area (Å²) in [5.74, 6) is 0. The number of halogens is 3. The van der Waals surface area contributed by atoms with Gasteiger partial charge < -0.3 is 15.1 Å². The number of hydrogen-bond donors (Lipinski definition) is 1. The molecule has 1 fully saturated rings. The molecular weight excluding hydrogens is 401 g/mol. The van der Waals surface area contributed by atoms with Crippen molar-refractivity contribution < 1.29 is 18.0 Å². The fourth-order valence-corrected chi connectivity index (χ4v) is 4.40. The van der Waals surface area contributed by atoms with E-state index >= 15 is 0 Å². The number of amides is 2. The van der Waals surface area contributed by atoms with Gasteiger partial charge in [-0.05, 0) is 36.8 Å². The molecule has 2 aromatic carbocycles. The number of benzene rings is 2. The van der Waals surface area contributed by atoms with Gasteiger partial charge in [0.2, 0.25) is 0 Å². The van der Waals surface area contributed by atoms with Gasteiger partial charge in [-0.15, -0.1) is 0 Å². The molecule has 1 N–H and O–H groups in total. The maximum Gasteiger partial charge on any atom is 0.418 e. The molecule has 2 amide bonds. The van der Waals surface area contributed by atoms with Crippen LogP contribution in [0.2, 0.25) is 0 Å². The molecular formula is C20H19F3N4OS. The molecule has 0 atom stereocenters. The van der Waals surface area contributed by atoms with E-state index in [1.807, 2.05) is 19.1 Å². The lowest BCUT2D eigenvalue weighted by Crippen LogP contribution is -2.50. The Morgan fingerprint density at radius 1 is 1.10 bits per heavy atom. The predicted octanol–water partition coefficient (Wildman–Crippen LogP) is 4.98. The van der Waals surface area contributed by atoms with E-state index in [-0.39, 0.29) is 5.69 Å². The number of rotatable bonds is 2. The summed E-state index contributed by atoms with van der Waals surface area (Å²) >= 11 is 1.61. The summed E-state index contributed by atoms with van der Waals surface area (Å²) < 4.78 is 40.5. The van der Waals surface area contributed by atoms with E-state index in [0.29, 0.717) is 26.2 Å². The summed E-state index contributed by atoms with van der Waals surface area (Å²) in [7, 11) is 0. The normalized spacial score (nSPS) is 15.0. The molecule has 4 rings (SSSR count). The summed E-state index contributed by atoms with van der Waals surface area (Å²) in [6.45, 7) is 4.01. The first kappa shape index (κ1) is 19.5. The Morgan fingerprint density at radius 3 is 2.55 bits per heavy atom. The van der Waals surface area contributed by atoms with Gasteiger partial charge in [-0.25, -0.2) is 9.78 Å². The van der Waals surface area contributed by atoms with E-state index in [4.69, 9.17) is 0 Å². The molecule has 0 aliphatic carbocycles. The van der Waals surface area contributed by atoms with Crippen LogP contribution in [0.5, 0.6) is 0 Å². The number of thiazole rings is 1. The number of para-hydroxylation sites is 1. The Balaban J connectivity index is 1.41. The second-order valence-electron chi connectivity index (χ2n) is 6.92. The highest BCUT2D eigenvalue weighted by atomic mass is 32.1. The molecule has 0 bridgehead atoms. The van der Waals surface area contributed by atoms with E-state index in [9.17, 15) is 18.0 Å². The highest BCUT2D eigenvalue weighted by Gasteiger charge is 2.34. The lowest BCUT2D eigenvalue weighted by molar-refractivity contribution is -0.136. The van der Waals surface area contributed by atoms with Gasteiger partial charge in [-0.1, -0.05) is 29.5 Å². The molecule has 0 saturated carbocycles. The zero-order valence-corrected chi connectivity index (χ0v) is 16.5. The van der Waals surface area contributed by atoms with E-state index in [0.717, 1.165) is 21.4 Å². The van der Waals surface area contributed by atoms with Gasteiger partial charge in [0.15, 0.2) is 5.13 Å². The summed E-state index contributed by atoms with van der Waals surface area (Å²) in [6.07, 6.45) is -4.52. The van der Waals surface area contributed by atoms with Crippen LogP contribution in [0, 0.1) is 6.92 Å². The van der Waals surface area contributed by atoms with Gasteiger partial charge in [0, 0.05) is 26.2 Å². The largest absolute Gasteiger partial charge is 0.418 e. The molecule has 29 heavy (non-hydrogen) atoms. The second-order valence-corrected chi connectivity index (χ2v) is 7.92. The van der Waals surface area contributed by atoms with Gasteiger partial charge in [0.05, 0.1) is 21.5 Å². The van der Waals surface area contributed by atoms with Crippen molar-refractivity contribution in [2.45, 2.75) is 13.1 Å². The third kappa shape index (κ3) is 4.14. The molecule has 1 saturated heterocycles. The number of nitrogens with one attached hydrogen (secondary N) is 1. The van der Waals surface area contributed by atoms with Crippen molar-refractivity contribution in [1.82, 2.24) is 9.88 Å². The molecule has 0 unspecified atom stereocenters. The number of hydrogen-bond acceptors (Lipinski definition) is 4. The first-order chi connectivity index (χ1) is 13.8. The first-order valence-corrected chi connectivity index (χ1v) is 9.97. The van der Waals surface area contributed by atoms with Crippen molar-refractivity contribution in [3.05, 3.63) is 53.6 Å². The van der Waals surface area contributed by atoms with Gasteiger partial charge in [-0.2, -0.15) is 13.2 Å². The standard InChI is InChI=1S/C20H19F3N4OS/c1-13-6-7-16-17(12-13)29-19(25-16)27-10-8-26(9-11-27)18(28)24-15-5-3-2-4-14(15)20(21,22)23/h2-7,12H,8-11H2,1H3,(H,24,28). The Morgan fingerprint density at radius 2 is 1.83 bits per heavy atom. The summed E-state index contributed by atoms with van der Waals surface area (Å²) in [5, 5.41) is 3.30. The molecule has 5 nitrogen and oxygen atoms in total. The van der Waals surface area contributed by atoms with Crippen LogP contribution in [0.25, 0.3) is 10.2 Å². The van der Waals surface area contributed by atoms with Gasteiger partial charge in [0.25, 0.3) is 0 Å². The second kappa shape index (κ2) is 7.55. The van der Waals surface area contributed by atoms with Gasteiger partial charge >= 0.3 is 12.2 Å². The number of nitrogens with zero attached hydrogens (tertiary/aromatic N) is 3. The molecule has 9 heteroatoms. The number of fused-ring (bicyclic) bond motifs is 1. The molecule has 0 radical (unpaired) electrons. The topological polar surface area (TPSA) is 48.5 Å². The zero-order valence-electron chi connectivity index (χ0n) is 15.7. The minimum Gasteiger partial charge on any atom is -0.345 e. The number of aromatic nitrogens is 1. The number of anilines is 2. The molecule has 1 aliphatic heterocycles. The van der Waals surface area contributed by atoms with E-state index in [2.05, 4.69) is 21.3 Å². The summed E-state index contributed by atoms with van der Waals surface area (Å²) in [5.41, 5.74) is 1.04. The smallest absolute Gasteiger partial charge is 0.345 e. The first-order valence-electron chi connectivity index (χ1n) is 9.15. The molecule has 3 aromatic rings. The quantitative estimate of drug-likeness (QED) is 0.636. The van der Waals surface area contributed by atoms with Crippen molar-refractivity contribution >= 4 is 38.4 Å². The van der Waals surface area contributed by atoms with Crippen LogP contribution >= 0.6 is 11.3 Å². The van der Waals surface area contributed by atoms with Crippen LogP contribution in [0.1, 0.15) is 11.1 Å². The Hall–Kier alpha value is -2.81. The summed E-state index contributed by atoms with van der Waals surface area (Å²) in [4.78, 5) is 20.8. The average Bonchev–Trinajstić information content (AvgIpc) is 3.11. The van der Waals surface area contributed by atoms with Crippen LogP contribution < -0.4 is 10.2 Å². The zero-order chi connectivity index (χ0) is 20.6. The average molecular weight is 420 g/mol. The molecule has 0 spiro atoms. The molecule has 1 aliphatic rings. The van der Waals surface area contributed by atoms with Crippen LogP contribution in [0.4, 0.5) is 28.8 Å². The monoisotopic (exact) mass is 420 g/mol. The van der Waals surface area contributed by atoms with Crippen LogP contribution in [0.3, 0.4) is 0 Å². The Kier molecular flexibility index (Phi) is 5.08. The number of urea groups is 1. The third-order valence-corrected chi connectivity index (χ3v) is 5.92. The fourth-order valence-electron chi connectivity index (χ4n) is 3.29. The van der Waals surface area contributed by atoms with Crippen LogP contribution in [0.15, 0.2) is 42.5 Å². The van der Waals surface area contributed by atoms with E-state index in [1.54, 1.807) is 11.3 Å². The number of carbonyl (C=O) groups excluding carboxylic acids is 1. The minimum atomic E-state index is -4.52. The number of carbonyl (C=O) groups is 1. The fraction of sp³-hybridized carbons (Fsp3) is 0.300. The highest BCUT2D eigenvalue weighted by Crippen LogP contribution is 2.35. The molecule has 152 valence electrons. The number of aryl methyl sites for hydroxylation is 1. The maximum atomic E-state index is 13.1.